The summed E-state index contributed by atoms with van der Waals surface area (Å²) < 4.78 is 95.7. The molecule has 15 heteroatoms. The summed E-state index contributed by atoms with van der Waals surface area (Å²) in [5.41, 5.74) is -4.43. The Bertz CT molecular complexity index is 950. The van der Waals surface area contributed by atoms with Gasteiger partial charge in [-0.1, -0.05) is 5.92 Å². The van der Waals surface area contributed by atoms with Gasteiger partial charge in [-0.15, -0.1) is 6.42 Å². The van der Waals surface area contributed by atoms with Crippen molar-refractivity contribution in [3.05, 3.63) is 32.6 Å². The molecule has 3 atom stereocenters. The number of H-pyrrole nitrogens is 1. The van der Waals surface area contributed by atoms with Gasteiger partial charge in [-0.2, -0.15) is 26.3 Å². The predicted octanol–water partition coefficient (Wildman–Crippen LogP) is 1.74. The third-order valence-electron chi connectivity index (χ3n) is 3.86. The largest absolute Gasteiger partial charge is 0.454 e. The van der Waals surface area contributed by atoms with E-state index in [1.54, 1.807) is 4.98 Å². The molecule has 0 amide bonds. The molecule has 0 unspecified atom stereocenters. The number of nitrogens with one attached hydrogen (secondary N) is 1. The normalized spacial score (nSPS) is 21.5. The number of ether oxygens (including phenoxy) is 4. The van der Waals surface area contributed by atoms with Crippen molar-refractivity contribution in [1.82, 2.24) is 9.55 Å². The first kappa shape index (κ1) is 24.7. The van der Waals surface area contributed by atoms with Crippen LogP contribution in [0.25, 0.3) is 0 Å². The first-order chi connectivity index (χ1) is 14.3. The highest BCUT2D eigenvalue weighted by atomic mass is 32.1. The Hall–Kier alpha value is -2.57. The molecule has 172 valence electrons. The van der Waals surface area contributed by atoms with Crippen LogP contribution in [0.4, 0.5) is 26.3 Å². The zero-order chi connectivity index (χ0) is 23.4. The van der Waals surface area contributed by atoms with E-state index in [0.717, 1.165) is 0 Å². The molecule has 1 aromatic heterocycles. The Balaban J connectivity index is 2.16. The molecule has 1 aromatic rings. The van der Waals surface area contributed by atoms with Crippen molar-refractivity contribution < 1.29 is 45.3 Å². The van der Waals surface area contributed by atoms with Gasteiger partial charge in [0.05, 0.1) is 6.10 Å². The molecule has 1 aliphatic rings. The number of hydrogen-bond donors (Lipinski definition) is 1. The Kier molecular flexibility index (Phi) is 7.73. The molecule has 0 aliphatic carbocycles. The standard InChI is InChI=1S/C16H14F6N2O6S/c1-2-3-27-9-4-11(24-5-8(16(20,21)22)12(25)23-13(24)26)30-10(9)6-28-14(31)29-7-15(17,18)19/h1,5,9-11H,3-4,6-7H2,(H,23,25,26)/t9-,10+,11+/m0/s1. The number of terminal acetylenes is 1. The van der Waals surface area contributed by atoms with Gasteiger partial charge in [0.15, 0.2) is 6.61 Å². The van der Waals surface area contributed by atoms with E-state index in [-0.39, 0.29) is 13.0 Å². The molecule has 1 saturated heterocycles. The van der Waals surface area contributed by atoms with Crippen LogP contribution in [0.3, 0.4) is 0 Å². The van der Waals surface area contributed by atoms with Crippen LogP contribution in [0, 0.1) is 12.3 Å². The van der Waals surface area contributed by atoms with Crippen molar-refractivity contribution in [1.29, 1.82) is 0 Å². The van der Waals surface area contributed by atoms with Crippen molar-refractivity contribution in [2.75, 3.05) is 19.8 Å². The second-order valence-corrected chi connectivity index (χ2v) is 6.42. The van der Waals surface area contributed by atoms with E-state index in [2.05, 4.69) is 22.9 Å². The summed E-state index contributed by atoms with van der Waals surface area (Å²) in [6, 6.07) is 0. The van der Waals surface area contributed by atoms with Crippen molar-refractivity contribution in [3.8, 4) is 12.3 Å². The lowest BCUT2D eigenvalue weighted by atomic mass is 10.2. The molecule has 1 fully saturated rings. The van der Waals surface area contributed by atoms with Crippen LogP contribution >= 0.6 is 12.2 Å². The van der Waals surface area contributed by atoms with Crippen LogP contribution in [0.2, 0.25) is 0 Å². The second kappa shape index (κ2) is 9.71. The summed E-state index contributed by atoms with van der Waals surface area (Å²) >= 11 is 4.51. The van der Waals surface area contributed by atoms with Gasteiger partial charge < -0.3 is 18.9 Å². The number of rotatable bonds is 6. The summed E-state index contributed by atoms with van der Waals surface area (Å²) in [4.78, 5) is 25.0. The van der Waals surface area contributed by atoms with Gasteiger partial charge in [0, 0.05) is 24.8 Å². The second-order valence-electron chi connectivity index (χ2n) is 6.09. The topological polar surface area (TPSA) is 91.8 Å². The Morgan fingerprint density at radius 3 is 2.55 bits per heavy atom. The number of thiocarbonyl (C=S) groups is 1. The fourth-order valence-electron chi connectivity index (χ4n) is 2.59. The first-order valence-electron chi connectivity index (χ1n) is 8.31. The van der Waals surface area contributed by atoms with Crippen LogP contribution in [0.15, 0.2) is 15.8 Å². The van der Waals surface area contributed by atoms with Gasteiger partial charge in [0.2, 0.25) is 0 Å². The first-order valence-corrected chi connectivity index (χ1v) is 8.72. The van der Waals surface area contributed by atoms with Gasteiger partial charge in [-0.05, 0) is 0 Å². The van der Waals surface area contributed by atoms with Crippen LogP contribution in [-0.4, -0.2) is 53.0 Å². The van der Waals surface area contributed by atoms with E-state index in [9.17, 15) is 35.9 Å². The third-order valence-corrected chi connectivity index (χ3v) is 4.10. The van der Waals surface area contributed by atoms with Crippen LogP contribution in [-0.2, 0) is 25.1 Å². The van der Waals surface area contributed by atoms with Crippen molar-refractivity contribution in [3.63, 3.8) is 0 Å². The molecule has 1 N–H and O–H groups in total. The molecule has 31 heavy (non-hydrogen) atoms. The van der Waals surface area contributed by atoms with Gasteiger partial charge in [0.25, 0.3) is 5.56 Å². The number of halogens is 6. The summed E-state index contributed by atoms with van der Waals surface area (Å²) in [5.74, 6) is 2.16. The molecule has 0 bridgehead atoms. The Labute approximate surface area is 175 Å². The molecular weight excluding hydrogens is 462 g/mol. The highest BCUT2D eigenvalue weighted by Gasteiger charge is 2.40. The number of alkyl halides is 6. The van der Waals surface area contributed by atoms with E-state index < -0.39 is 66.1 Å². The molecule has 0 spiro atoms. The number of hydrogen-bond acceptors (Lipinski definition) is 7. The fraction of sp³-hybridized carbons (Fsp3) is 0.562. The van der Waals surface area contributed by atoms with Crippen molar-refractivity contribution >= 4 is 17.5 Å². The minimum absolute atomic E-state index is 0.185. The number of aromatic amines is 1. The van der Waals surface area contributed by atoms with Gasteiger partial charge in [0.1, 0.15) is 31.1 Å². The van der Waals surface area contributed by atoms with E-state index in [4.69, 9.17) is 20.6 Å². The van der Waals surface area contributed by atoms with E-state index in [1.165, 1.54) is 0 Å². The number of aromatic nitrogens is 2. The molecule has 0 radical (unpaired) electrons. The maximum atomic E-state index is 13.0. The zero-order valence-electron chi connectivity index (χ0n) is 15.3. The molecule has 8 nitrogen and oxygen atoms in total. The van der Waals surface area contributed by atoms with E-state index in [0.29, 0.717) is 10.8 Å². The van der Waals surface area contributed by atoms with Crippen LogP contribution in [0.1, 0.15) is 18.2 Å². The van der Waals surface area contributed by atoms with Gasteiger partial charge >= 0.3 is 23.3 Å². The van der Waals surface area contributed by atoms with Crippen LogP contribution in [0.5, 0.6) is 0 Å². The fourth-order valence-corrected chi connectivity index (χ4v) is 2.71. The maximum absolute atomic E-state index is 13.0. The molecule has 0 saturated carbocycles. The SMILES string of the molecule is C#CCO[C@H]1C[C@H](n2cc(C(F)(F)F)c(=O)[nH]c2=O)O[C@@H]1COC(=S)OCC(F)(F)F. The lowest BCUT2D eigenvalue weighted by Gasteiger charge is -2.19. The molecule has 2 rings (SSSR count). The smallest absolute Gasteiger partial charge is 0.423 e. The summed E-state index contributed by atoms with van der Waals surface area (Å²) in [5, 5.41) is -0.847. The third kappa shape index (κ3) is 6.97. The molecule has 2 heterocycles. The van der Waals surface area contributed by atoms with E-state index in [1.807, 2.05) is 0 Å². The summed E-state index contributed by atoms with van der Waals surface area (Å²) in [7, 11) is 0. The molecular formula is C16H14F6N2O6S. The van der Waals surface area contributed by atoms with Crippen molar-refractivity contribution in [2.45, 2.75) is 37.2 Å². The molecule has 0 aromatic carbocycles. The van der Waals surface area contributed by atoms with Gasteiger partial charge in [-0.25, -0.2) is 4.79 Å². The highest BCUT2D eigenvalue weighted by Crippen LogP contribution is 2.32. The average Bonchev–Trinajstić information content (AvgIpc) is 3.04. The maximum Gasteiger partial charge on any atom is 0.423 e. The minimum atomic E-state index is -5.04. The lowest BCUT2D eigenvalue weighted by molar-refractivity contribution is -0.160. The summed E-state index contributed by atoms with van der Waals surface area (Å²) in [6.45, 7) is -2.43. The molecule has 1 aliphatic heterocycles. The Morgan fingerprint density at radius 1 is 1.29 bits per heavy atom. The van der Waals surface area contributed by atoms with Gasteiger partial charge in [-0.3, -0.25) is 14.3 Å². The number of nitrogens with zero attached hydrogens (tertiary/aromatic N) is 1. The summed E-state index contributed by atoms with van der Waals surface area (Å²) in [6.07, 6.45) is -7.81. The Morgan fingerprint density at radius 2 is 1.97 bits per heavy atom. The van der Waals surface area contributed by atoms with Crippen LogP contribution < -0.4 is 11.2 Å². The average molecular weight is 476 g/mol. The zero-order valence-corrected chi connectivity index (χ0v) is 16.1. The predicted molar refractivity (Wildman–Crippen MR) is 94.0 cm³/mol. The monoisotopic (exact) mass is 476 g/mol. The minimum Gasteiger partial charge on any atom is -0.454 e. The van der Waals surface area contributed by atoms with E-state index >= 15 is 0 Å². The van der Waals surface area contributed by atoms with Crippen molar-refractivity contribution in [2.24, 2.45) is 0 Å². The lowest BCUT2D eigenvalue weighted by Crippen LogP contribution is -2.36. The highest BCUT2D eigenvalue weighted by molar-refractivity contribution is 7.79. The quantitative estimate of drug-likeness (QED) is 0.380.